The summed E-state index contributed by atoms with van der Waals surface area (Å²) in [6.45, 7) is 5.23. The lowest BCUT2D eigenvalue weighted by molar-refractivity contribution is 0.179. The van der Waals surface area contributed by atoms with Gasteiger partial charge in [-0.1, -0.05) is 6.92 Å². The highest BCUT2D eigenvalue weighted by Crippen LogP contribution is 2.25. The number of hydrogen-bond acceptors (Lipinski definition) is 3. The van der Waals surface area contributed by atoms with E-state index in [0.717, 1.165) is 38.9 Å². The van der Waals surface area contributed by atoms with Gasteiger partial charge in [0.1, 0.15) is 11.4 Å². The van der Waals surface area contributed by atoms with Crippen molar-refractivity contribution in [1.82, 2.24) is 15.5 Å². The maximum Gasteiger partial charge on any atom is 0.321 e. The summed E-state index contributed by atoms with van der Waals surface area (Å²) in [4.78, 5) is 13.5. The topological polar surface area (TPSA) is 68.2 Å². The molecule has 2 rings (SSSR count). The maximum absolute atomic E-state index is 11.2. The lowest BCUT2D eigenvalue weighted by Crippen LogP contribution is -2.54. The Morgan fingerprint density at radius 1 is 1.47 bits per heavy atom. The first kappa shape index (κ1) is 10.4. The third-order valence-electron chi connectivity index (χ3n) is 3.32. The van der Waals surface area contributed by atoms with E-state index >= 15 is 0 Å². The first-order valence-corrected chi connectivity index (χ1v) is 5.57. The average molecular weight is 210 g/mol. The Morgan fingerprint density at radius 2 is 2.13 bits per heavy atom. The Morgan fingerprint density at radius 3 is 2.60 bits per heavy atom. The molecule has 1 spiro atoms. The third-order valence-corrected chi connectivity index (χ3v) is 3.32. The molecule has 5 heteroatoms. The molecular weight excluding hydrogens is 192 g/mol. The van der Waals surface area contributed by atoms with Crippen LogP contribution in [0.15, 0.2) is 0 Å². The zero-order valence-corrected chi connectivity index (χ0v) is 9.10. The zero-order chi connectivity index (χ0) is 10.9. The van der Waals surface area contributed by atoms with E-state index in [-0.39, 0.29) is 11.6 Å². The van der Waals surface area contributed by atoms with E-state index in [1.165, 1.54) is 0 Å². The molecule has 5 nitrogen and oxygen atoms in total. The average Bonchev–Trinajstić information content (AvgIpc) is 2.47. The number of urea groups is 1. The van der Waals surface area contributed by atoms with Gasteiger partial charge in [-0.3, -0.25) is 10.7 Å². The number of hydrogen-bond donors (Lipinski definition) is 3. The minimum atomic E-state index is -0.388. The second-order valence-corrected chi connectivity index (χ2v) is 4.38. The summed E-state index contributed by atoms with van der Waals surface area (Å²) >= 11 is 0. The van der Waals surface area contributed by atoms with Gasteiger partial charge in [-0.25, -0.2) is 4.79 Å². The molecule has 2 aliphatic heterocycles. The van der Waals surface area contributed by atoms with Gasteiger partial charge in [0.25, 0.3) is 0 Å². The number of carbonyl (C=O) groups is 1. The quantitative estimate of drug-likeness (QED) is 0.622. The molecule has 0 bridgehead atoms. The lowest BCUT2D eigenvalue weighted by Gasteiger charge is -2.37. The highest BCUT2D eigenvalue weighted by atomic mass is 16.2. The van der Waals surface area contributed by atoms with Crippen LogP contribution in [-0.2, 0) is 0 Å². The molecule has 0 aliphatic carbocycles. The van der Waals surface area contributed by atoms with E-state index in [2.05, 4.69) is 22.5 Å². The van der Waals surface area contributed by atoms with Crippen molar-refractivity contribution < 1.29 is 4.79 Å². The van der Waals surface area contributed by atoms with Crippen molar-refractivity contribution in [2.45, 2.75) is 31.7 Å². The lowest BCUT2D eigenvalue weighted by atomic mass is 9.87. The van der Waals surface area contributed by atoms with Crippen LogP contribution in [0.2, 0.25) is 0 Å². The van der Waals surface area contributed by atoms with Crippen molar-refractivity contribution in [3.8, 4) is 0 Å². The number of carbonyl (C=O) groups excluding carboxylic acids is 1. The van der Waals surface area contributed by atoms with E-state index < -0.39 is 0 Å². The Labute approximate surface area is 89.7 Å². The summed E-state index contributed by atoms with van der Waals surface area (Å²) in [7, 11) is 0. The van der Waals surface area contributed by atoms with Crippen molar-refractivity contribution in [3.63, 3.8) is 0 Å². The molecule has 2 heterocycles. The van der Waals surface area contributed by atoms with Gasteiger partial charge in [0.2, 0.25) is 0 Å². The standard InChI is InChI=1S/C10H18N4O/c1-2-5-14-6-3-10(4-7-14)8(11)12-9(15)13-10/h2-7H2,1H3,(H3,11,12,13,15). The number of nitrogens with zero attached hydrogens (tertiary/aromatic N) is 1. The summed E-state index contributed by atoms with van der Waals surface area (Å²) in [6, 6.07) is -0.219. The molecule has 0 aromatic heterocycles. The first-order chi connectivity index (χ1) is 7.16. The summed E-state index contributed by atoms with van der Waals surface area (Å²) < 4.78 is 0. The van der Waals surface area contributed by atoms with Crippen LogP contribution in [0.3, 0.4) is 0 Å². The van der Waals surface area contributed by atoms with Gasteiger partial charge >= 0.3 is 6.03 Å². The van der Waals surface area contributed by atoms with Crippen molar-refractivity contribution in [3.05, 3.63) is 0 Å². The maximum atomic E-state index is 11.2. The Bertz CT molecular complexity index is 281. The van der Waals surface area contributed by atoms with Gasteiger partial charge in [0.05, 0.1) is 0 Å². The highest BCUT2D eigenvalue weighted by Gasteiger charge is 2.44. The molecule has 2 amide bonds. The van der Waals surface area contributed by atoms with Crippen LogP contribution in [0.25, 0.3) is 0 Å². The fraction of sp³-hybridized carbons (Fsp3) is 0.800. The number of piperidine rings is 1. The van der Waals surface area contributed by atoms with Crippen molar-refractivity contribution in [1.29, 1.82) is 5.41 Å². The second-order valence-electron chi connectivity index (χ2n) is 4.38. The van der Waals surface area contributed by atoms with E-state index in [1.54, 1.807) is 0 Å². The van der Waals surface area contributed by atoms with Gasteiger partial charge < -0.3 is 10.2 Å². The number of rotatable bonds is 2. The van der Waals surface area contributed by atoms with E-state index in [1.807, 2.05) is 0 Å². The van der Waals surface area contributed by atoms with Gasteiger partial charge in [-0.2, -0.15) is 0 Å². The Kier molecular flexibility index (Phi) is 2.65. The van der Waals surface area contributed by atoms with Gasteiger partial charge in [0.15, 0.2) is 0 Å². The van der Waals surface area contributed by atoms with Gasteiger partial charge in [-0.05, 0) is 25.8 Å². The monoisotopic (exact) mass is 210 g/mol. The van der Waals surface area contributed by atoms with Gasteiger partial charge in [-0.15, -0.1) is 0 Å². The SMILES string of the molecule is CCCN1CCC2(CC1)NC(=O)NC2=N. The van der Waals surface area contributed by atoms with Crippen LogP contribution in [0.1, 0.15) is 26.2 Å². The first-order valence-electron chi connectivity index (χ1n) is 5.57. The molecule has 0 aromatic rings. The van der Waals surface area contributed by atoms with E-state index in [9.17, 15) is 4.79 Å². The normalized spacial score (nSPS) is 25.4. The molecule has 2 aliphatic rings. The smallest absolute Gasteiger partial charge is 0.321 e. The Hall–Kier alpha value is -1.10. The van der Waals surface area contributed by atoms with Gasteiger partial charge in [0, 0.05) is 13.1 Å². The van der Waals surface area contributed by atoms with Crippen LogP contribution >= 0.6 is 0 Å². The number of likely N-dealkylation sites (tertiary alicyclic amines) is 1. The third kappa shape index (κ3) is 1.84. The van der Waals surface area contributed by atoms with E-state index in [0.29, 0.717) is 5.84 Å². The largest absolute Gasteiger partial charge is 0.325 e. The number of amides is 2. The predicted octanol–water partition coefficient (Wildman–Crippen LogP) is 0.521. The fourth-order valence-corrected chi connectivity index (χ4v) is 2.39. The molecule has 0 aromatic carbocycles. The molecule has 2 saturated heterocycles. The highest BCUT2D eigenvalue weighted by molar-refractivity contribution is 6.08. The molecule has 15 heavy (non-hydrogen) atoms. The van der Waals surface area contributed by atoms with Crippen LogP contribution in [0, 0.1) is 5.41 Å². The minimum Gasteiger partial charge on any atom is -0.325 e. The molecule has 3 N–H and O–H groups in total. The van der Waals surface area contributed by atoms with Crippen LogP contribution in [0.5, 0.6) is 0 Å². The molecule has 0 radical (unpaired) electrons. The van der Waals surface area contributed by atoms with Crippen LogP contribution in [0.4, 0.5) is 4.79 Å². The number of amidine groups is 1. The molecule has 0 saturated carbocycles. The second kappa shape index (κ2) is 3.81. The molecule has 2 fully saturated rings. The van der Waals surface area contributed by atoms with Crippen LogP contribution in [-0.4, -0.2) is 41.9 Å². The zero-order valence-electron chi connectivity index (χ0n) is 9.10. The predicted molar refractivity (Wildman–Crippen MR) is 58.1 cm³/mol. The summed E-state index contributed by atoms with van der Waals surface area (Å²) in [5.41, 5.74) is -0.388. The molecular formula is C10H18N4O. The summed E-state index contributed by atoms with van der Waals surface area (Å²) in [6.07, 6.45) is 2.87. The fourth-order valence-electron chi connectivity index (χ4n) is 2.39. The summed E-state index contributed by atoms with van der Waals surface area (Å²) in [5, 5.41) is 13.2. The number of nitrogens with one attached hydrogen (secondary N) is 3. The minimum absolute atomic E-state index is 0.219. The van der Waals surface area contributed by atoms with Crippen LogP contribution < -0.4 is 10.6 Å². The molecule has 0 unspecified atom stereocenters. The Balaban J connectivity index is 1.97. The van der Waals surface area contributed by atoms with Crippen molar-refractivity contribution in [2.24, 2.45) is 0 Å². The van der Waals surface area contributed by atoms with Crippen molar-refractivity contribution in [2.75, 3.05) is 19.6 Å². The summed E-state index contributed by atoms with van der Waals surface area (Å²) in [5.74, 6) is 0.351. The molecule has 84 valence electrons. The van der Waals surface area contributed by atoms with Crippen molar-refractivity contribution >= 4 is 11.9 Å². The van der Waals surface area contributed by atoms with E-state index in [4.69, 9.17) is 5.41 Å². The molecule has 0 atom stereocenters.